The molecule has 0 aliphatic carbocycles. The second-order valence-electron chi connectivity index (χ2n) is 6.27. The van der Waals surface area contributed by atoms with Gasteiger partial charge in [-0.15, -0.1) is 5.10 Å². The van der Waals surface area contributed by atoms with Gasteiger partial charge in [0.2, 0.25) is 11.8 Å². The maximum Gasteiger partial charge on any atom is 0.225 e. The van der Waals surface area contributed by atoms with Gasteiger partial charge in [0.15, 0.2) is 17.1 Å². The van der Waals surface area contributed by atoms with Gasteiger partial charge in [-0.05, 0) is 36.3 Å². The van der Waals surface area contributed by atoms with E-state index in [2.05, 4.69) is 31.7 Å². The van der Waals surface area contributed by atoms with Crippen molar-refractivity contribution < 1.29 is 4.42 Å². The number of aryl methyl sites for hydroxylation is 2. The molecule has 28 heavy (non-hydrogen) atoms. The van der Waals surface area contributed by atoms with E-state index in [4.69, 9.17) is 10.2 Å². The molecule has 5 heterocycles. The molecule has 0 aliphatic heterocycles. The van der Waals surface area contributed by atoms with Crippen molar-refractivity contribution in [2.24, 2.45) is 0 Å². The van der Waals surface area contributed by atoms with E-state index in [1.165, 1.54) is 4.52 Å². The van der Waals surface area contributed by atoms with Gasteiger partial charge in [-0.3, -0.25) is 4.98 Å². The Morgan fingerprint density at radius 2 is 2.07 bits per heavy atom. The summed E-state index contributed by atoms with van der Waals surface area (Å²) in [4.78, 5) is 13.4. The van der Waals surface area contributed by atoms with Crippen LogP contribution in [0.1, 0.15) is 11.3 Å². The summed E-state index contributed by atoms with van der Waals surface area (Å²) in [7, 11) is 0. The van der Waals surface area contributed by atoms with Gasteiger partial charge in [0.05, 0.1) is 23.5 Å². The standard InChI is InChI=1S/C19H16N8O/c1-2-13-6-5-12(10-21-13)7-8-26-17-14(11-22-26)18-23-16(15-4-3-9-28-15)25-27(18)19(20)24-17/h2-6,9-11H,1,7-8H2,(H2,20,24). The van der Waals surface area contributed by atoms with Crippen LogP contribution < -0.4 is 5.73 Å². The summed E-state index contributed by atoms with van der Waals surface area (Å²) < 4.78 is 8.70. The maximum atomic E-state index is 6.11. The molecular formula is C19H16N8O. The summed E-state index contributed by atoms with van der Waals surface area (Å²) in [5.41, 5.74) is 9.33. The number of hydrogen-bond donors (Lipinski definition) is 1. The Morgan fingerprint density at radius 1 is 1.14 bits per heavy atom. The van der Waals surface area contributed by atoms with Crippen molar-refractivity contribution in [3.63, 3.8) is 0 Å². The molecule has 138 valence electrons. The molecule has 5 rings (SSSR count). The quantitative estimate of drug-likeness (QED) is 0.504. The number of fused-ring (bicyclic) bond motifs is 3. The average molecular weight is 372 g/mol. The molecule has 0 fully saturated rings. The number of furan rings is 1. The number of aromatic nitrogens is 7. The van der Waals surface area contributed by atoms with E-state index >= 15 is 0 Å². The lowest BCUT2D eigenvalue weighted by molar-refractivity contribution is 0.577. The average Bonchev–Trinajstić information content (AvgIpc) is 3.45. The highest BCUT2D eigenvalue weighted by Crippen LogP contribution is 2.23. The lowest BCUT2D eigenvalue weighted by Crippen LogP contribution is -2.07. The first-order valence-corrected chi connectivity index (χ1v) is 8.72. The topological polar surface area (TPSA) is 113 Å². The predicted octanol–water partition coefficient (Wildman–Crippen LogP) is 2.60. The Morgan fingerprint density at radius 3 is 2.82 bits per heavy atom. The zero-order chi connectivity index (χ0) is 19.1. The molecule has 5 aromatic rings. The van der Waals surface area contributed by atoms with Crippen LogP contribution in [-0.2, 0) is 13.0 Å². The summed E-state index contributed by atoms with van der Waals surface area (Å²) in [5, 5.41) is 9.64. The van der Waals surface area contributed by atoms with Crippen molar-refractivity contribution >= 4 is 28.7 Å². The van der Waals surface area contributed by atoms with Gasteiger partial charge in [-0.25, -0.2) is 9.67 Å². The first-order chi connectivity index (χ1) is 13.7. The van der Waals surface area contributed by atoms with Crippen molar-refractivity contribution in [1.29, 1.82) is 0 Å². The molecule has 0 bridgehead atoms. The summed E-state index contributed by atoms with van der Waals surface area (Å²) in [6.45, 7) is 4.36. The van der Waals surface area contributed by atoms with Gasteiger partial charge in [0.1, 0.15) is 0 Å². The summed E-state index contributed by atoms with van der Waals surface area (Å²) in [6, 6.07) is 7.55. The number of anilines is 1. The highest BCUT2D eigenvalue weighted by molar-refractivity contribution is 5.90. The third-order valence-electron chi connectivity index (χ3n) is 4.51. The first kappa shape index (κ1) is 16.2. The molecule has 0 atom stereocenters. The van der Waals surface area contributed by atoms with Crippen LogP contribution in [0.5, 0.6) is 0 Å². The normalized spacial score (nSPS) is 11.4. The Labute approximate surface area is 159 Å². The third-order valence-corrected chi connectivity index (χ3v) is 4.51. The fourth-order valence-corrected chi connectivity index (χ4v) is 3.07. The van der Waals surface area contributed by atoms with Crippen LogP contribution in [0.4, 0.5) is 5.95 Å². The maximum absolute atomic E-state index is 6.11. The lowest BCUT2D eigenvalue weighted by Gasteiger charge is -2.05. The molecule has 0 aromatic carbocycles. The van der Waals surface area contributed by atoms with Crippen molar-refractivity contribution in [2.75, 3.05) is 5.73 Å². The minimum Gasteiger partial charge on any atom is -0.461 e. The van der Waals surface area contributed by atoms with Crippen molar-refractivity contribution in [1.82, 2.24) is 34.3 Å². The minimum absolute atomic E-state index is 0.242. The van der Waals surface area contributed by atoms with Crippen LogP contribution >= 0.6 is 0 Å². The summed E-state index contributed by atoms with van der Waals surface area (Å²) >= 11 is 0. The number of pyridine rings is 1. The second-order valence-corrected chi connectivity index (χ2v) is 6.27. The molecule has 2 N–H and O–H groups in total. The largest absolute Gasteiger partial charge is 0.461 e. The molecule has 9 heteroatoms. The van der Waals surface area contributed by atoms with Gasteiger partial charge in [0.25, 0.3) is 0 Å². The molecule has 0 saturated carbocycles. The Balaban J connectivity index is 1.51. The fraction of sp³-hybridized carbons (Fsp3) is 0.105. The number of nitrogens with two attached hydrogens (primary N) is 1. The zero-order valence-corrected chi connectivity index (χ0v) is 14.9. The van der Waals surface area contributed by atoms with Crippen LogP contribution in [0.25, 0.3) is 34.3 Å². The predicted molar refractivity (Wildman–Crippen MR) is 104 cm³/mol. The van der Waals surface area contributed by atoms with Crippen LogP contribution in [0.2, 0.25) is 0 Å². The van der Waals surface area contributed by atoms with Crippen LogP contribution in [0.15, 0.2) is 53.9 Å². The Kier molecular flexibility index (Phi) is 3.64. The van der Waals surface area contributed by atoms with Gasteiger partial charge >= 0.3 is 0 Å². The number of hydrogen-bond acceptors (Lipinski definition) is 7. The van der Waals surface area contributed by atoms with Crippen LogP contribution in [-0.4, -0.2) is 34.3 Å². The minimum atomic E-state index is 0.242. The highest BCUT2D eigenvalue weighted by Gasteiger charge is 2.17. The summed E-state index contributed by atoms with van der Waals surface area (Å²) in [5.74, 6) is 1.26. The van der Waals surface area contributed by atoms with E-state index < -0.39 is 0 Å². The van der Waals surface area contributed by atoms with Gasteiger partial charge in [-0.2, -0.15) is 14.6 Å². The molecule has 0 saturated heterocycles. The van der Waals surface area contributed by atoms with E-state index in [0.717, 1.165) is 23.1 Å². The Hall–Kier alpha value is -4.01. The van der Waals surface area contributed by atoms with Crippen LogP contribution in [0, 0.1) is 0 Å². The highest BCUT2D eigenvalue weighted by atomic mass is 16.3. The SMILES string of the molecule is C=Cc1ccc(CCn2ncc3c2nc(N)n2nc(-c4ccco4)nc32)cn1. The molecule has 0 radical (unpaired) electrons. The van der Waals surface area contributed by atoms with E-state index in [1.807, 2.05) is 23.0 Å². The van der Waals surface area contributed by atoms with Crippen molar-refractivity contribution in [3.05, 3.63) is 60.8 Å². The van der Waals surface area contributed by atoms with E-state index in [1.54, 1.807) is 30.7 Å². The second kappa shape index (κ2) is 6.31. The first-order valence-electron chi connectivity index (χ1n) is 8.72. The Bertz CT molecular complexity index is 1280. The third kappa shape index (κ3) is 2.60. The number of nitrogen functional groups attached to an aromatic ring is 1. The smallest absolute Gasteiger partial charge is 0.225 e. The molecule has 9 nitrogen and oxygen atoms in total. The molecular weight excluding hydrogens is 356 g/mol. The molecule has 0 aliphatic rings. The van der Waals surface area contributed by atoms with E-state index in [0.29, 0.717) is 29.4 Å². The molecule has 0 amide bonds. The summed E-state index contributed by atoms with van der Waals surface area (Å²) in [6.07, 6.45) is 7.64. The molecule has 0 unspecified atom stereocenters. The zero-order valence-electron chi connectivity index (χ0n) is 14.9. The lowest BCUT2D eigenvalue weighted by atomic mass is 10.2. The van der Waals surface area contributed by atoms with Crippen molar-refractivity contribution in [2.45, 2.75) is 13.0 Å². The van der Waals surface area contributed by atoms with Gasteiger partial charge in [-0.1, -0.05) is 12.6 Å². The fourth-order valence-electron chi connectivity index (χ4n) is 3.07. The molecule has 5 aromatic heterocycles. The van der Waals surface area contributed by atoms with Gasteiger partial charge in [0, 0.05) is 12.7 Å². The van der Waals surface area contributed by atoms with Crippen LogP contribution in [0.3, 0.4) is 0 Å². The van der Waals surface area contributed by atoms with Gasteiger partial charge < -0.3 is 10.2 Å². The number of nitrogens with zero attached hydrogens (tertiary/aromatic N) is 7. The molecule has 0 spiro atoms. The monoisotopic (exact) mass is 372 g/mol. The van der Waals surface area contributed by atoms with E-state index in [9.17, 15) is 0 Å². The van der Waals surface area contributed by atoms with Crippen molar-refractivity contribution in [3.8, 4) is 11.6 Å². The number of rotatable bonds is 5. The van der Waals surface area contributed by atoms with E-state index in [-0.39, 0.29) is 5.95 Å².